The Bertz CT molecular complexity index is 324. The van der Waals surface area contributed by atoms with Gasteiger partial charge in [-0.2, -0.15) is 0 Å². The molecular formula is C10H18N4OS. The molecule has 1 aliphatic heterocycles. The lowest BCUT2D eigenvalue weighted by Gasteiger charge is -2.22. The molecule has 5 nitrogen and oxygen atoms in total. The van der Waals surface area contributed by atoms with E-state index in [0.29, 0.717) is 11.2 Å². The number of aromatic nitrogens is 2. The van der Waals surface area contributed by atoms with Gasteiger partial charge in [0.25, 0.3) is 0 Å². The van der Waals surface area contributed by atoms with Crippen LogP contribution < -0.4 is 5.73 Å². The van der Waals surface area contributed by atoms with Gasteiger partial charge < -0.3 is 10.5 Å². The number of hydrogen-bond donors (Lipinski definition) is 1. The molecule has 1 saturated heterocycles. The molecule has 1 aromatic rings. The van der Waals surface area contributed by atoms with E-state index in [9.17, 15) is 0 Å². The van der Waals surface area contributed by atoms with E-state index in [1.54, 1.807) is 0 Å². The van der Waals surface area contributed by atoms with Crippen LogP contribution in [0.1, 0.15) is 24.8 Å². The van der Waals surface area contributed by atoms with E-state index >= 15 is 0 Å². The van der Waals surface area contributed by atoms with Crippen LogP contribution in [0.25, 0.3) is 0 Å². The number of rotatable bonds is 5. The normalized spacial score (nSPS) is 20.8. The van der Waals surface area contributed by atoms with Gasteiger partial charge in [-0.25, -0.2) is 0 Å². The van der Waals surface area contributed by atoms with Crippen LogP contribution >= 0.6 is 11.3 Å². The minimum atomic E-state index is 0.394. The van der Waals surface area contributed by atoms with Crippen LogP contribution in [0.5, 0.6) is 0 Å². The summed E-state index contributed by atoms with van der Waals surface area (Å²) in [6.07, 6.45) is 2.76. The maximum absolute atomic E-state index is 5.63. The number of nitrogens with two attached hydrogens (primary N) is 1. The fourth-order valence-corrected chi connectivity index (χ4v) is 2.56. The molecule has 6 heteroatoms. The first-order valence-corrected chi connectivity index (χ1v) is 6.51. The molecule has 0 spiro atoms. The molecule has 1 aromatic heterocycles. The van der Waals surface area contributed by atoms with Crippen LogP contribution in [-0.4, -0.2) is 40.9 Å². The van der Waals surface area contributed by atoms with Gasteiger partial charge in [-0.05, 0) is 19.4 Å². The van der Waals surface area contributed by atoms with Crippen LogP contribution in [0, 0.1) is 0 Å². The van der Waals surface area contributed by atoms with E-state index in [4.69, 9.17) is 10.5 Å². The van der Waals surface area contributed by atoms with Gasteiger partial charge in [-0.3, -0.25) is 4.90 Å². The summed E-state index contributed by atoms with van der Waals surface area (Å²) in [5.41, 5.74) is 5.56. The first kappa shape index (κ1) is 11.8. The molecule has 0 aromatic carbocycles. The number of anilines is 1. The highest BCUT2D eigenvalue weighted by molar-refractivity contribution is 7.15. The number of hydrogen-bond acceptors (Lipinski definition) is 6. The molecule has 0 aliphatic carbocycles. The third kappa shape index (κ3) is 3.13. The van der Waals surface area contributed by atoms with Gasteiger partial charge in [0.05, 0.1) is 12.6 Å². The van der Waals surface area contributed by atoms with Crippen molar-refractivity contribution in [2.75, 3.05) is 25.4 Å². The quantitative estimate of drug-likeness (QED) is 0.838. The number of nitrogen functional groups attached to an aromatic ring is 1. The predicted molar refractivity (Wildman–Crippen MR) is 64.2 cm³/mol. The molecule has 1 fully saturated rings. The molecule has 0 bridgehead atoms. The van der Waals surface area contributed by atoms with E-state index in [1.807, 2.05) is 0 Å². The summed E-state index contributed by atoms with van der Waals surface area (Å²) in [5.74, 6) is 0. The summed E-state index contributed by atoms with van der Waals surface area (Å²) in [7, 11) is 0. The van der Waals surface area contributed by atoms with E-state index in [-0.39, 0.29) is 0 Å². The first-order chi connectivity index (χ1) is 7.78. The molecule has 1 aliphatic rings. The third-order valence-electron chi connectivity index (χ3n) is 2.77. The van der Waals surface area contributed by atoms with Gasteiger partial charge in [-0.15, -0.1) is 10.2 Å². The Labute approximate surface area is 99.6 Å². The molecule has 16 heavy (non-hydrogen) atoms. The number of nitrogens with zero attached hydrogens (tertiary/aromatic N) is 3. The van der Waals surface area contributed by atoms with Crippen molar-refractivity contribution in [2.24, 2.45) is 0 Å². The highest BCUT2D eigenvalue weighted by Crippen LogP contribution is 2.17. The summed E-state index contributed by atoms with van der Waals surface area (Å²) < 4.78 is 5.63. The molecule has 0 amide bonds. The average molecular weight is 242 g/mol. The SMILES string of the molecule is CCN(Cc1nnc(N)s1)CC1CCCO1. The minimum Gasteiger partial charge on any atom is -0.377 e. The molecule has 2 heterocycles. The second-order valence-corrected chi connectivity index (χ2v) is 5.09. The Hall–Kier alpha value is -0.720. The van der Waals surface area contributed by atoms with Gasteiger partial charge in [0.1, 0.15) is 5.01 Å². The summed E-state index contributed by atoms with van der Waals surface area (Å²) in [5, 5.41) is 9.39. The molecule has 2 N–H and O–H groups in total. The lowest BCUT2D eigenvalue weighted by Crippen LogP contribution is -2.31. The van der Waals surface area contributed by atoms with Crippen LogP contribution in [0.2, 0.25) is 0 Å². The summed E-state index contributed by atoms with van der Waals surface area (Å²) >= 11 is 1.46. The largest absolute Gasteiger partial charge is 0.377 e. The Morgan fingerprint density at radius 2 is 2.44 bits per heavy atom. The summed E-state index contributed by atoms with van der Waals surface area (Å²) in [6.45, 7) is 5.87. The lowest BCUT2D eigenvalue weighted by atomic mass is 10.2. The standard InChI is InChI=1S/C10H18N4OS/c1-2-14(6-8-4-3-5-15-8)7-9-12-13-10(11)16-9/h8H,2-7H2,1H3,(H2,11,13). The predicted octanol–water partition coefficient (Wildman–Crippen LogP) is 1.12. The number of likely N-dealkylation sites (N-methyl/N-ethyl adjacent to an activating group) is 1. The number of ether oxygens (including phenoxy) is 1. The summed E-state index contributed by atoms with van der Waals surface area (Å²) in [4.78, 5) is 2.33. The zero-order valence-electron chi connectivity index (χ0n) is 9.56. The van der Waals surface area contributed by atoms with Crippen molar-refractivity contribution in [3.63, 3.8) is 0 Å². The molecule has 2 rings (SSSR count). The van der Waals surface area contributed by atoms with Crippen molar-refractivity contribution in [1.82, 2.24) is 15.1 Å². The van der Waals surface area contributed by atoms with Crippen molar-refractivity contribution in [1.29, 1.82) is 0 Å². The van der Waals surface area contributed by atoms with Crippen LogP contribution in [-0.2, 0) is 11.3 Å². The zero-order chi connectivity index (χ0) is 11.4. The Balaban J connectivity index is 1.84. The minimum absolute atomic E-state index is 0.394. The monoisotopic (exact) mass is 242 g/mol. The van der Waals surface area contributed by atoms with E-state index in [1.165, 1.54) is 24.2 Å². The fourth-order valence-electron chi connectivity index (χ4n) is 1.90. The van der Waals surface area contributed by atoms with Crippen LogP contribution in [0.15, 0.2) is 0 Å². The highest BCUT2D eigenvalue weighted by atomic mass is 32.1. The van der Waals surface area contributed by atoms with Gasteiger partial charge in [0.15, 0.2) is 0 Å². The maximum atomic E-state index is 5.63. The van der Waals surface area contributed by atoms with Crippen molar-refractivity contribution < 1.29 is 4.74 Å². The molecular weight excluding hydrogens is 224 g/mol. The van der Waals surface area contributed by atoms with E-state index in [2.05, 4.69) is 22.0 Å². The highest BCUT2D eigenvalue weighted by Gasteiger charge is 2.19. The molecule has 90 valence electrons. The van der Waals surface area contributed by atoms with Gasteiger partial charge in [-0.1, -0.05) is 18.3 Å². The second kappa shape index (κ2) is 5.56. The molecule has 1 atom stereocenters. The van der Waals surface area contributed by atoms with Crippen molar-refractivity contribution >= 4 is 16.5 Å². The Kier molecular flexibility index (Phi) is 4.09. The molecule has 1 unspecified atom stereocenters. The Morgan fingerprint density at radius 3 is 3.00 bits per heavy atom. The zero-order valence-corrected chi connectivity index (χ0v) is 10.4. The van der Waals surface area contributed by atoms with E-state index in [0.717, 1.165) is 31.2 Å². The third-order valence-corrected chi connectivity index (χ3v) is 3.51. The fraction of sp³-hybridized carbons (Fsp3) is 0.800. The van der Waals surface area contributed by atoms with E-state index < -0.39 is 0 Å². The second-order valence-electron chi connectivity index (χ2n) is 4.00. The van der Waals surface area contributed by atoms with Crippen molar-refractivity contribution in [3.05, 3.63) is 5.01 Å². The van der Waals surface area contributed by atoms with Crippen molar-refractivity contribution in [3.8, 4) is 0 Å². The van der Waals surface area contributed by atoms with Gasteiger partial charge in [0, 0.05) is 13.2 Å². The summed E-state index contributed by atoms with van der Waals surface area (Å²) in [6, 6.07) is 0. The van der Waals surface area contributed by atoms with Gasteiger partial charge in [0.2, 0.25) is 5.13 Å². The average Bonchev–Trinajstić information content (AvgIpc) is 2.89. The topological polar surface area (TPSA) is 64.3 Å². The first-order valence-electron chi connectivity index (χ1n) is 5.69. The maximum Gasteiger partial charge on any atom is 0.203 e. The lowest BCUT2D eigenvalue weighted by molar-refractivity contribution is 0.0724. The van der Waals surface area contributed by atoms with Crippen LogP contribution in [0.3, 0.4) is 0 Å². The van der Waals surface area contributed by atoms with Crippen LogP contribution in [0.4, 0.5) is 5.13 Å². The molecule has 0 saturated carbocycles. The van der Waals surface area contributed by atoms with Gasteiger partial charge >= 0.3 is 0 Å². The smallest absolute Gasteiger partial charge is 0.203 e. The van der Waals surface area contributed by atoms with Crippen molar-refractivity contribution in [2.45, 2.75) is 32.4 Å². The molecule has 0 radical (unpaired) electrons. The Morgan fingerprint density at radius 1 is 1.56 bits per heavy atom.